The molecule has 1 aliphatic rings. The number of nitrogens with zero attached hydrogens (tertiary/aromatic N) is 1. The third kappa shape index (κ3) is 2.68. The lowest BCUT2D eigenvalue weighted by Gasteiger charge is -2.37. The van der Waals surface area contributed by atoms with E-state index in [1.54, 1.807) is 16.4 Å². The van der Waals surface area contributed by atoms with Crippen molar-refractivity contribution in [3.8, 4) is 0 Å². The number of benzene rings is 1. The third-order valence-corrected chi connectivity index (χ3v) is 5.77. The van der Waals surface area contributed by atoms with Gasteiger partial charge in [-0.2, -0.15) is 4.31 Å². The smallest absolute Gasteiger partial charge is 0.243 e. The van der Waals surface area contributed by atoms with E-state index in [9.17, 15) is 8.42 Å². The average Bonchev–Trinajstić information content (AvgIpc) is 2.32. The maximum Gasteiger partial charge on any atom is 0.243 e. The Bertz CT molecular complexity index is 558. The zero-order valence-electron chi connectivity index (χ0n) is 11.9. The van der Waals surface area contributed by atoms with E-state index in [1.807, 2.05) is 33.8 Å². The lowest BCUT2D eigenvalue weighted by molar-refractivity contribution is 0.00636. The molecule has 1 aliphatic heterocycles. The van der Waals surface area contributed by atoms with Crippen molar-refractivity contribution in [1.29, 1.82) is 0 Å². The first-order valence-electron chi connectivity index (χ1n) is 6.52. The van der Waals surface area contributed by atoms with Crippen LogP contribution in [0.25, 0.3) is 0 Å². The van der Waals surface area contributed by atoms with E-state index in [0.29, 0.717) is 18.1 Å². The minimum Gasteiger partial charge on any atom is -0.378 e. The summed E-state index contributed by atoms with van der Waals surface area (Å²) in [6, 6.07) is 5.04. The van der Waals surface area contributed by atoms with Gasteiger partial charge in [0.2, 0.25) is 10.0 Å². The average molecular weight is 283 g/mol. The first-order chi connectivity index (χ1) is 8.84. The Balaban J connectivity index is 2.43. The van der Waals surface area contributed by atoms with Crippen LogP contribution < -0.4 is 0 Å². The summed E-state index contributed by atoms with van der Waals surface area (Å²) in [5.41, 5.74) is 2.09. The molecule has 1 aromatic rings. The topological polar surface area (TPSA) is 46.6 Å². The molecular formula is C14H21NO3S. The molecule has 0 saturated carbocycles. The van der Waals surface area contributed by atoms with Crippen LogP contribution in [0.3, 0.4) is 0 Å². The van der Waals surface area contributed by atoms with Gasteiger partial charge in [-0.05, 0) is 51.0 Å². The van der Waals surface area contributed by atoms with Gasteiger partial charge in [-0.25, -0.2) is 8.42 Å². The van der Waals surface area contributed by atoms with Crippen molar-refractivity contribution in [2.45, 2.75) is 44.7 Å². The summed E-state index contributed by atoms with van der Waals surface area (Å²) < 4.78 is 32.4. The van der Waals surface area contributed by atoms with Crippen molar-refractivity contribution in [2.75, 3.05) is 13.2 Å². The minimum absolute atomic E-state index is 0.129. The first-order valence-corrected chi connectivity index (χ1v) is 7.96. The third-order valence-electron chi connectivity index (χ3n) is 3.64. The second-order valence-electron chi connectivity index (χ2n) is 5.32. The molecule has 5 heteroatoms. The van der Waals surface area contributed by atoms with Crippen LogP contribution in [0.5, 0.6) is 0 Å². The molecule has 0 amide bonds. The lowest BCUT2D eigenvalue weighted by Crippen LogP contribution is -2.52. The van der Waals surface area contributed by atoms with E-state index < -0.39 is 10.0 Å². The summed E-state index contributed by atoms with van der Waals surface area (Å²) in [5, 5.41) is 0. The second kappa shape index (κ2) is 5.23. The standard InChI is InChI=1S/C14H21NO3S/c1-10-5-6-14(7-11(10)2)19(16,17)15-12(3)8-18-9-13(15)4/h5-7,12-13H,8-9H2,1-4H3. The van der Waals surface area contributed by atoms with Crippen LogP contribution in [0.1, 0.15) is 25.0 Å². The van der Waals surface area contributed by atoms with Crippen LogP contribution in [0, 0.1) is 13.8 Å². The number of hydrogen-bond donors (Lipinski definition) is 0. The fraction of sp³-hybridized carbons (Fsp3) is 0.571. The van der Waals surface area contributed by atoms with E-state index in [2.05, 4.69) is 0 Å². The predicted molar refractivity (Wildman–Crippen MR) is 74.7 cm³/mol. The Morgan fingerprint density at radius 1 is 1.11 bits per heavy atom. The predicted octanol–water partition coefficient (Wildman–Crippen LogP) is 2.10. The lowest BCUT2D eigenvalue weighted by atomic mass is 10.1. The van der Waals surface area contributed by atoms with Crippen molar-refractivity contribution in [3.05, 3.63) is 29.3 Å². The SMILES string of the molecule is Cc1ccc(S(=O)(=O)N2C(C)COCC2C)cc1C. The molecule has 2 atom stereocenters. The summed E-state index contributed by atoms with van der Waals surface area (Å²) in [4.78, 5) is 0.371. The monoisotopic (exact) mass is 283 g/mol. The molecular weight excluding hydrogens is 262 g/mol. The fourth-order valence-corrected chi connectivity index (χ4v) is 4.34. The number of ether oxygens (including phenoxy) is 1. The largest absolute Gasteiger partial charge is 0.378 e. The molecule has 0 radical (unpaired) electrons. The van der Waals surface area contributed by atoms with Gasteiger partial charge in [0.25, 0.3) is 0 Å². The number of rotatable bonds is 2. The number of morpholine rings is 1. The van der Waals surface area contributed by atoms with Crippen molar-refractivity contribution >= 4 is 10.0 Å². The van der Waals surface area contributed by atoms with Gasteiger partial charge in [0.05, 0.1) is 18.1 Å². The molecule has 0 spiro atoms. The quantitative estimate of drug-likeness (QED) is 0.835. The molecule has 1 heterocycles. The molecule has 1 saturated heterocycles. The number of sulfonamides is 1. The van der Waals surface area contributed by atoms with Gasteiger partial charge in [-0.3, -0.25) is 0 Å². The highest BCUT2D eigenvalue weighted by atomic mass is 32.2. The Morgan fingerprint density at radius 3 is 2.21 bits per heavy atom. The molecule has 106 valence electrons. The molecule has 0 N–H and O–H groups in total. The summed E-state index contributed by atoms with van der Waals surface area (Å²) in [5.74, 6) is 0. The van der Waals surface area contributed by atoms with Gasteiger partial charge in [0, 0.05) is 12.1 Å². The van der Waals surface area contributed by atoms with Crippen molar-refractivity contribution in [1.82, 2.24) is 4.31 Å². The molecule has 0 aromatic heterocycles. The van der Waals surface area contributed by atoms with E-state index in [0.717, 1.165) is 11.1 Å². The van der Waals surface area contributed by atoms with E-state index in [4.69, 9.17) is 4.74 Å². The van der Waals surface area contributed by atoms with Gasteiger partial charge in [-0.15, -0.1) is 0 Å². The highest BCUT2D eigenvalue weighted by molar-refractivity contribution is 7.89. The summed E-state index contributed by atoms with van der Waals surface area (Å²) in [6.07, 6.45) is 0. The van der Waals surface area contributed by atoms with Crippen molar-refractivity contribution in [2.24, 2.45) is 0 Å². The Morgan fingerprint density at radius 2 is 1.68 bits per heavy atom. The van der Waals surface area contributed by atoms with E-state index in [-0.39, 0.29) is 12.1 Å². The van der Waals surface area contributed by atoms with Crippen LogP contribution >= 0.6 is 0 Å². The maximum atomic E-state index is 12.7. The van der Waals surface area contributed by atoms with Gasteiger partial charge in [-0.1, -0.05) is 6.07 Å². The molecule has 1 aromatic carbocycles. The van der Waals surface area contributed by atoms with Crippen molar-refractivity contribution < 1.29 is 13.2 Å². The van der Waals surface area contributed by atoms with Crippen LogP contribution in [-0.2, 0) is 14.8 Å². The van der Waals surface area contributed by atoms with Crippen LogP contribution in [0.4, 0.5) is 0 Å². The normalized spacial score (nSPS) is 25.5. The number of hydrogen-bond acceptors (Lipinski definition) is 3. The Labute approximate surface area is 115 Å². The van der Waals surface area contributed by atoms with Gasteiger partial charge < -0.3 is 4.74 Å². The molecule has 0 bridgehead atoms. The minimum atomic E-state index is -3.45. The Hall–Kier alpha value is -0.910. The molecule has 0 aliphatic carbocycles. The number of aryl methyl sites for hydroxylation is 2. The second-order valence-corrected chi connectivity index (χ2v) is 7.16. The van der Waals surface area contributed by atoms with Gasteiger partial charge >= 0.3 is 0 Å². The van der Waals surface area contributed by atoms with Crippen LogP contribution in [0.15, 0.2) is 23.1 Å². The zero-order valence-corrected chi connectivity index (χ0v) is 12.7. The molecule has 1 fully saturated rings. The highest BCUT2D eigenvalue weighted by Crippen LogP contribution is 2.25. The van der Waals surface area contributed by atoms with E-state index >= 15 is 0 Å². The van der Waals surface area contributed by atoms with Crippen LogP contribution in [-0.4, -0.2) is 38.0 Å². The fourth-order valence-electron chi connectivity index (χ4n) is 2.46. The summed E-state index contributed by atoms with van der Waals surface area (Å²) in [7, 11) is -3.45. The first kappa shape index (κ1) is 14.5. The van der Waals surface area contributed by atoms with Crippen LogP contribution in [0.2, 0.25) is 0 Å². The summed E-state index contributed by atoms with van der Waals surface area (Å²) >= 11 is 0. The highest BCUT2D eigenvalue weighted by Gasteiger charge is 2.36. The molecule has 2 unspecified atom stereocenters. The van der Waals surface area contributed by atoms with Crippen molar-refractivity contribution in [3.63, 3.8) is 0 Å². The zero-order chi connectivity index (χ0) is 14.2. The van der Waals surface area contributed by atoms with E-state index in [1.165, 1.54) is 0 Å². The molecule has 4 nitrogen and oxygen atoms in total. The summed E-state index contributed by atoms with van der Waals surface area (Å²) in [6.45, 7) is 8.58. The molecule has 2 rings (SSSR count). The maximum absolute atomic E-state index is 12.7. The van der Waals surface area contributed by atoms with Gasteiger partial charge in [0.15, 0.2) is 0 Å². The molecule has 19 heavy (non-hydrogen) atoms. The Kier molecular flexibility index (Phi) is 3.99. The van der Waals surface area contributed by atoms with Gasteiger partial charge in [0.1, 0.15) is 0 Å².